The summed E-state index contributed by atoms with van der Waals surface area (Å²) in [5.41, 5.74) is 3.08. The molecule has 1 aliphatic rings. The highest BCUT2D eigenvalue weighted by molar-refractivity contribution is 6.22. The van der Waals surface area contributed by atoms with Crippen LogP contribution >= 0.6 is 24.0 Å². The van der Waals surface area contributed by atoms with E-state index >= 15 is 0 Å². The molecule has 4 aromatic rings. The average molecular weight is 514 g/mol. The Labute approximate surface area is 215 Å². The van der Waals surface area contributed by atoms with Gasteiger partial charge in [-0.25, -0.2) is 0 Å². The van der Waals surface area contributed by atoms with Crippen molar-refractivity contribution in [2.45, 2.75) is 18.2 Å². The number of likely N-dealkylation sites (N-methyl/N-ethyl adjacent to an activating group) is 1. The highest BCUT2D eigenvalue weighted by atomic mass is 35.5. The predicted molar refractivity (Wildman–Crippen MR) is 145 cm³/mol. The number of amides is 1. The number of carbonyl (C=O) groups is 1. The van der Waals surface area contributed by atoms with Crippen molar-refractivity contribution in [1.29, 1.82) is 0 Å². The molecule has 3 aromatic carbocycles. The quantitative estimate of drug-likeness (QED) is 0.321. The first-order chi connectivity index (χ1) is 16.3. The van der Waals surface area contributed by atoms with Crippen LogP contribution in [0.3, 0.4) is 0 Å². The fraction of sp³-hybridized carbons (Fsp3) is 0.296. The summed E-state index contributed by atoms with van der Waals surface area (Å²) in [7, 11) is 4.01. The number of nitrogens with one attached hydrogen (secondary N) is 1. The highest BCUT2D eigenvalue weighted by Crippen LogP contribution is 2.47. The first-order valence-electron chi connectivity index (χ1n) is 11.4. The molecule has 1 aromatic heterocycles. The third-order valence-corrected chi connectivity index (χ3v) is 6.82. The van der Waals surface area contributed by atoms with E-state index < -0.39 is 0 Å². The zero-order chi connectivity index (χ0) is 24.0. The minimum atomic E-state index is -0.172. The molecule has 5 rings (SSSR count). The number of fused-ring (bicyclic) bond motifs is 4. The maximum absolute atomic E-state index is 13.7. The number of nitrogens with zero attached hydrogens (tertiary/aromatic N) is 2. The van der Waals surface area contributed by atoms with Crippen LogP contribution in [0.25, 0.3) is 21.7 Å². The Kier molecular flexibility index (Phi) is 7.17. The Morgan fingerprint density at radius 1 is 1.20 bits per heavy atom. The Hall–Kier alpha value is -2.93. The third kappa shape index (κ3) is 4.66. The second-order valence-electron chi connectivity index (χ2n) is 9.16. The molecule has 2 N–H and O–H groups in total. The molecule has 0 bridgehead atoms. The lowest BCUT2D eigenvalue weighted by Gasteiger charge is -2.18. The van der Waals surface area contributed by atoms with Gasteiger partial charge in [0.2, 0.25) is 0 Å². The van der Waals surface area contributed by atoms with Crippen LogP contribution in [-0.4, -0.2) is 60.1 Å². The number of benzene rings is 3. The number of alkyl halides is 1. The summed E-state index contributed by atoms with van der Waals surface area (Å²) >= 11 is 6.59. The van der Waals surface area contributed by atoms with Crippen LogP contribution in [0.1, 0.15) is 28.9 Å². The van der Waals surface area contributed by atoms with Gasteiger partial charge in [0.05, 0.1) is 5.69 Å². The van der Waals surface area contributed by atoms with E-state index in [-0.39, 0.29) is 35.4 Å². The van der Waals surface area contributed by atoms with E-state index in [0.717, 1.165) is 39.5 Å². The summed E-state index contributed by atoms with van der Waals surface area (Å²) in [5, 5.41) is 13.1. The van der Waals surface area contributed by atoms with Crippen molar-refractivity contribution in [2.24, 2.45) is 0 Å². The van der Waals surface area contributed by atoms with Crippen molar-refractivity contribution in [2.75, 3.05) is 38.7 Å². The minimum absolute atomic E-state index is 0. The van der Waals surface area contributed by atoms with Gasteiger partial charge in [-0.3, -0.25) is 4.79 Å². The number of aromatic amines is 1. The van der Waals surface area contributed by atoms with Crippen molar-refractivity contribution in [1.82, 2.24) is 9.88 Å². The van der Waals surface area contributed by atoms with E-state index in [1.54, 1.807) is 11.0 Å². The molecule has 0 fully saturated rings. The molecule has 0 aliphatic carbocycles. The lowest BCUT2D eigenvalue weighted by atomic mass is 9.92. The van der Waals surface area contributed by atoms with Crippen LogP contribution in [0, 0.1) is 0 Å². The summed E-state index contributed by atoms with van der Waals surface area (Å²) in [6, 6.07) is 17.0. The smallest absolute Gasteiger partial charge is 0.274 e. The predicted octanol–water partition coefficient (Wildman–Crippen LogP) is 5.76. The highest BCUT2D eigenvalue weighted by Gasteiger charge is 2.37. The van der Waals surface area contributed by atoms with Gasteiger partial charge < -0.3 is 24.6 Å². The van der Waals surface area contributed by atoms with E-state index in [4.69, 9.17) is 16.3 Å². The molecule has 1 amide bonds. The van der Waals surface area contributed by atoms with Crippen molar-refractivity contribution in [3.05, 3.63) is 65.9 Å². The summed E-state index contributed by atoms with van der Waals surface area (Å²) < 4.78 is 5.84. The van der Waals surface area contributed by atoms with Gasteiger partial charge in [-0.15, -0.1) is 24.0 Å². The van der Waals surface area contributed by atoms with E-state index in [1.165, 1.54) is 0 Å². The monoisotopic (exact) mass is 513 g/mol. The number of rotatable bonds is 6. The molecule has 0 spiro atoms. The summed E-state index contributed by atoms with van der Waals surface area (Å²) in [6.07, 6.45) is 0. The molecule has 2 heterocycles. The lowest BCUT2D eigenvalue weighted by molar-refractivity contribution is 0.0984. The van der Waals surface area contributed by atoms with Crippen LogP contribution in [0.2, 0.25) is 0 Å². The summed E-state index contributed by atoms with van der Waals surface area (Å²) in [6.45, 7) is 3.83. The van der Waals surface area contributed by atoms with E-state index in [2.05, 4.69) is 9.88 Å². The lowest BCUT2D eigenvalue weighted by Crippen LogP contribution is -2.31. The second-order valence-corrected chi connectivity index (χ2v) is 9.85. The van der Waals surface area contributed by atoms with Crippen LogP contribution < -0.4 is 9.64 Å². The number of halogens is 2. The van der Waals surface area contributed by atoms with Gasteiger partial charge in [-0.2, -0.15) is 0 Å². The largest absolute Gasteiger partial charge is 0.507 e. The summed E-state index contributed by atoms with van der Waals surface area (Å²) in [4.78, 5) is 20.7. The zero-order valence-electron chi connectivity index (χ0n) is 19.9. The molecule has 35 heavy (non-hydrogen) atoms. The first-order valence-corrected chi connectivity index (χ1v) is 11.9. The Bertz CT molecular complexity index is 1380. The van der Waals surface area contributed by atoms with Gasteiger partial charge >= 0.3 is 0 Å². The number of aromatic nitrogens is 1. The SMILES string of the molecule is C[C@H](Cl)[C@H]1CN(C(=O)c2cc3cc(OCCN(C)C)ccc3[nH]2)c2cc(O)c3ccccc3c21.Cl. The van der Waals surface area contributed by atoms with E-state index in [1.807, 2.05) is 69.6 Å². The molecular weight excluding hydrogens is 485 g/mol. The zero-order valence-corrected chi connectivity index (χ0v) is 21.5. The number of phenolic OH excluding ortho intramolecular Hbond substituents is 1. The van der Waals surface area contributed by atoms with E-state index in [0.29, 0.717) is 24.5 Å². The third-order valence-electron chi connectivity index (χ3n) is 6.51. The molecule has 0 saturated carbocycles. The molecule has 0 radical (unpaired) electrons. The van der Waals surface area contributed by atoms with Crippen LogP contribution in [-0.2, 0) is 0 Å². The van der Waals surface area contributed by atoms with Gasteiger partial charge in [-0.1, -0.05) is 24.3 Å². The standard InChI is InChI=1S/C27H28ClN3O3.ClH/c1-16(28)21-15-31(24-14-25(32)19-6-4-5-7-20(19)26(21)24)27(33)23-13-17-12-18(8-9-22(17)29-23)34-11-10-30(2)3;/h4-9,12-14,16,21,29,32H,10-11,15H2,1-3H3;1H/t16-,21+;/m0./s1. The van der Waals surface area contributed by atoms with Crippen LogP contribution in [0.4, 0.5) is 5.69 Å². The number of hydrogen-bond donors (Lipinski definition) is 2. The number of ether oxygens (including phenoxy) is 1. The van der Waals surface area contributed by atoms with Crippen LogP contribution in [0.15, 0.2) is 54.6 Å². The minimum Gasteiger partial charge on any atom is -0.507 e. The molecule has 184 valence electrons. The van der Waals surface area contributed by atoms with Crippen molar-refractivity contribution in [3.63, 3.8) is 0 Å². The molecule has 8 heteroatoms. The average Bonchev–Trinajstić information content (AvgIpc) is 3.40. The Morgan fingerprint density at radius 2 is 1.94 bits per heavy atom. The Balaban J connectivity index is 0.00000289. The van der Waals surface area contributed by atoms with Crippen molar-refractivity contribution >= 4 is 57.3 Å². The van der Waals surface area contributed by atoms with E-state index in [9.17, 15) is 9.90 Å². The van der Waals surface area contributed by atoms with Gasteiger partial charge in [0.1, 0.15) is 23.8 Å². The van der Waals surface area contributed by atoms with Crippen LogP contribution in [0.5, 0.6) is 11.5 Å². The van der Waals surface area contributed by atoms with Gasteiger partial charge in [0.25, 0.3) is 5.91 Å². The van der Waals surface area contributed by atoms with Crippen molar-refractivity contribution < 1.29 is 14.6 Å². The molecule has 1 aliphatic heterocycles. The first kappa shape index (κ1) is 25.2. The number of carbonyl (C=O) groups excluding carboxylic acids is 1. The second kappa shape index (κ2) is 9.97. The number of anilines is 1. The van der Waals surface area contributed by atoms with Crippen molar-refractivity contribution in [3.8, 4) is 11.5 Å². The van der Waals surface area contributed by atoms with Gasteiger partial charge in [0.15, 0.2) is 0 Å². The number of phenols is 1. The normalized spacial score (nSPS) is 15.9. The molecular formula is C27H29Cl2N3O3. The summed E-state index contributed by atoms with van der Waals surface area (Å²) in [5.74, 6) is 0.742. The molecule has 0 saturated heterocycles. The fourth-order valence-corrected chi connectivity index (χ4v) is 4.94. The molecule has 2 atom stereocenters. The van der Waals surface area contributed by atoms with Gasteiger partial charge in [0, 0.05) is 46.7 Å². The number of hydrogen-bond acceptors (Lipinski definition) is 4. The molecule has 0 unspecified atom stereocenters. The number of aromatic hydroxyl groups is 1. The van der Waals surface area contributed by atoms with Gasteiger partial charge in [-0.05, 0) is 56.2 Å². The topological polar surface area (TPSA) is 68.8 Å². The Morgan fingerprint density at radius 3 is 2.66 bits per heavy atom. The molecule has 6 nitrogen and oxygen atoms in total. The number of H-pyrrole nitrogens is 1. The fourth-order valence-electron chi connectivity index (χ4n) is 4.74. The maximum Gasteiger partial charge on any atom is 0.274 e. The maximum atomic E-state index is 13.7.